The maximum absolute atomic E-state index is 12.1. The van der Waals surface area contributed by atoms with E-state index in [-0.39, 0.29) is 19.9 Å². The number of halogens is 1. The number of nitrogens with one attached hydrogen (secondary N) is 1. The summed E-state index contributed by atoms with van der Waals surface area (Å²) in [6, 6.07) is 5.51. The first-order chi connectivity index (χ1) is 9.59. The number of nitrogens with zero attached hydrogens (tertiary/aromatic N) is 1. The van der Waals surface area contributed by atoms with Crippen LogP contribution in [0.15, 0.2) is 33.4 Å². The quantitative estimate of drug-likeness (QED) is 0.849. The SMILES string of the molecule is Cc1nc(NS(=O)(=O)c2ccc(Cl)cc2)sc1S(N)(=O)=O. The Kier molecular flexibility index (Phi) is 4.26. The minimum Gasteiger partial charge on any atom is -0.255 e. The number of aromatic nitrogens is 1. The van der Waals surface area contributed by atoms with Gasteiger partial charge in [-0.2, -0.15) is 0 Å². The van der Waals surface area contributed by atoms with Crippen LogP contribution in [0.4, 0.5) is 5.13 Å². The summed E-state index contributed by atoms with van der Waals surface area (Å²) in [4.78, 5) is 3.83. The Balaban J connectivity index is 2.36. The molecule has 0 aliphatic heterocycles. The molecule has 2 rings (SSSR count). The van der Waals surface area contributed by atoms with Crippen molar-refractivity contribution in [2.75, 3.05) is 4.72 Å². The second-order valence-corrected chi connectivity index (χ2v) is 8.87. The maximum atomic E-state index is 12.1. The van der Waals surface area contributed by atoms with Gasteiger partial charge < -0.3 is 0 Å². The van der Waals surface area contributed by atoms with Crippen LogP contribution in [0.1, 0.15) is 5.69 Å². The van der Waals surface area contributed by atoms with Gasteiger partial charge in [-0.25, -0.2) is 27.0 Å². The van der Waals surface area contributed by atoms with Gasteiger partial charge >= 0.3 is 0 Å². The van der Waals surface area contributed by atoms with Crippen molar-refractivity contribution in [2.24, 2.45) is 5.14 Å². The van der Waals surface area contributed by atoms with Crippen LogP contribution in [0.2, 0.25) is 5.02 Å². The predicted octanol–water partition coefficient (Wildman–Crippen LogP) is 1.55. The number of anilines is 1. The Bertz CT molecular complexity index is 873. The molecule has 1 aromatic heterocycles. The Labute approximate surface area is 130 Å². The first-order valence-electron chi connectivity index (χ1n) is 5.38. The van der Waals surface area contributed by atoms with E-state index in [9.17, 15) is 16.8 Å². The molecule has 0 aliphatic rings. The second kappa shape index (κ2) is 5.54. The van der Waals surface area contributed by atoms with Crippen molar-refractivity contribution in [2.45, 2.75) is 16.0 Å². The lowest BCUT2D eigenvalue weighted by Gasteiger charge is -2.04. The molecular weight excluding hydrogens is 358 g/mol. The van der Waals surface area contributed by atoms with Crippen LogP contribution in [0.3, 0.4) is 0 Å². The van der Waals surface area contributed by atoms with Gasteiger partial charge in [0.1, 0.15) is 0 Å². The number of aryl methyl sites for hydroxylation is 1. The van der Waals surface area contributed by atoms with Crippen molar-refractivity contribution >= 4 is 48.1 Å². The van der Waals surface area contributed by atoms with Crippen molar-refractivity contribution < 1.29 is 16.8 Å². The lowest BCUT2D eigenvalue weighted by Crippen LogP contribution is -2.12. The first kappa shape index (κ1) is 16.2. The number of benzene rings is 1. The molecule has 0 saturated carbocycles. The zero-order valence-electron chi connectivity index (χ0n) is 10.6. The van der Waals surface area contributed by atoms with Crippen molar-refractivity contribution in [1.82, 2.24) is 4.98 Å². The summed E-state index contributed by atoms with van der Waals surface area (Å²) in [5.74, 6) is 0. The summed E-state index contributed by atoms with van der Waals surface area (Å²) in [5.41, 5.74) is 0.135. The minimum atomic E-state index is -3.93. The fourth-order valence-corrected chi connectivity index (χ4v) is 4.70. The Morgan fingerprint density at radius 3 is 2.24 bits per heavy atom. The van der Waals surface area contributed by atoms with Gasteiger partial charge in [0.05, 0.1) is 10.6 Å². The fourth-order valence-electron chi connectivity index (χ4n) is 1.48. The van der Waals surface area contributed by atoms with E-state index in [1.807, 2.05) is 0 Å². The highest BCUT2D eigenvalue weighted by molar-refractivity contribution is 7.93. The second-order valence-electron chi connectivity index (χ2n) is 4.00. The predicted molar refractivity (Wildman–Crippen MR) is 80.5 cm³/mol. The van der Waals surface area contributed by atoms with E-state index < -0.39 is 20.0 Å². The lowest BCUT2D eigenvalue weighted by molar-refractivity contribution is 0.598. The molecule has 1 heterocycles. The molecule has 2 aromatic rings. The number of thiazole rings is 1. The minimum absolute atomic E-state index is 0.0168. The van der Waals surface area contributed by atoms with Crippen LogP contribution in [0, 0.1) is 6.92 Å². The van der Waals surface area contributed by atoms with Crippen LogP contribution >= 0.6 is 22.9 Å². The lowest BCUT2D eigenvalue weighted by atomic mass is 10.4. The third-order valence-electron chi connectivity index (χ3n) is 2.36. The van der Waals surface area contributed by atoms with Crippen LogP contribution in [-0.4, -0.2) is 21.8 Å². The largest absolute Gasteiger partial charge is 0.263 e. The van der Waals surface area contributed by atoms with Crippen molar-refractivity contribution in [1.29, 1.82) is 0 Å². The number of hydrogen-bond donors (Lipinski definition) is 2. The van der Waals surface area contributed by atoms with Gasteiger partial charge in [0.15, 0.2) is 9.34 Å². The standard InChI is InChI=1S/C10H10ClN3O4S3/c1-6-9(20(12,15)16)19-10(13-6)14-21(17,18)8-4-2-7(11)3-5-8/h2-5H,1H3,(H,13,14)(H2,12,15,16). The molecule has 21 heavy (non-hydrogen) atoms. The maximum Gasteiger partial charge on any atom is 0.263 e. The summed E-state index contributed by atoms with van der Waals surface area (Å²) in [6.07, 6.45) is 0. The molecule has 0 bridgehead atoms. The number of rotatable bonds is 4. The van der Waals surface area contributed by atoms with Gasteiger partial charge in [0.2, 0.25) is 10.0 Å². The van der Waals surface area contributed by atoms with E-state index >= 15 is 0 Å². The van der Waals surface area contributed by atoms with Gasteiger partial charge in [0, 0.05) is 5.02 Å². The molecule has 0 spiro atoms. The zero-order chi connectivity index (χ0) is 15.8. The van der Waals surface area contributed by atoms with E-state index in [1.165, 1.54) is 31.2 Å². The van der Waals surface area contributed by atoms with Gasteiger partial charge in [-0.15, -0.1) is 0 Å². The van der Waals surface area contributed by atoms with Crippen LogP contribution in [0.5, 0.6) is 0 Å². The third kappa shape index (κ3) is 3.71. The smallest absolute Gasteiger partial charge is 0.255 e. The molecule has 0 saturated heterocycles. The summed E-state index contributed by atoms with van der Waals surface area (Å²) in [6.45, 7) is 1.43. The molecule has 0 radical (unpaired) electrons. The molecule has 3 N–H and O–H groups in total. The fraction of sp³-hybridized carbons (Fsp3) is 0.100. The highest BCUT2D eigenvalue weighted by Gasteiger charge is 2.21. The molecule has 7 nitrogen and oxygen atoms in total. The Hall–Kier alpha value is -1.20. The van der Waals surface area contributed by atoms with Crippen molar-refractivity contribution in [3.05, 3.63) is 35.0 Å². The topological polar surface area (TPSA) is 119 Å². The molecule has 0 atom stereocenters. The monoisotopic (exact) mass is 367 g/mol. The van der Waals surface area contributed by atoms with Gasteiger partial charge in [-0.1, -0.05) is 22.9 Å². The Morgan fingerprint density at radius 1 is 1.19 bits per heavy atom. The summed E-state index contributed by atoms with van der Waals surface area (Å²) < 4.78 is 48.8. The average molecular weight is 368 g/mol. The molecule has 114 valence electrons. The van der Waals surface area contributed by atoms with Crippen molar-refractivity contribution in [3.63, 3.8) is 0 Å². The van der Waals surface area contributed by atoms with E-state index in [0.717, 1.165) is 0 Å². The van der Waals surface area contributed by atoms with E-state index in [0.29, 0.717) is 16.4 Å². The molecule has 11 heteroatoms. The highest BCUT2D eigenvalue weighted by atomic mass is 35.5. The van der Waals surface area contributed by atoms with Gasteiger partial charge in [0.25, 0.3) is 10.0 Å². The Morgan fingerprint density at radius 2 is 1.76 bits per heavy atom. The molecule has 0 unspecified atom stereocenters. The number of sulfonamides is 2. The number of nitrogens with two attached hydrogens (primary N) is 1. The summed E-state index contributed by atoms with van der Waals surface area (Å²) in [7, 11) is -7.81. The molecule has 0 aliphatic carbocycles. The molecule has 0 fully saturated rings. The summed E-state index contributed by atoms with van der Waals surface area (Å²) in [5, 5.41) is 5.33. The van der Waals surface area contributed by atoms with E-state index in [2.05, 4.69) is 9.71 Å². The normalized spacial score (nSPS) is 12.3. The number of primary sulfonamides is 1. The highest BCUT2D eigenvalue weighted by Crippen LogP contribution is 2.28. The zero-order valence-corrected chi connectivity index (χ0v) is 13.8. The molecular formula is C10H10ClN3O4S3. The van der Waals surface area contributed by atoms with Crippen LogP contribution in [0.25, 0.3) is 0 Å². The van der Waals surface area contributed by atoms with Gasteiger partial charge in [-0.05, 0) is 31.2 Å². The van der Waals surface area contributed by atoms with Gasteiger partial charge in [-0.3, -0.25) is 4.72 Å². The van der Waals surface area contributed by atoms with Crippen molar-refractivity contribution in [3.8, 4) is 0 Å². The molecule has 1 aromatic carbocycles. The average Bonchev–Trinajstić information content (AvgIpc) is 2.69. The summed E-state index contributed by atoms with van der Waals surface area (Å²) >= 11 is 6.34. The van der Waals surface area contributed by atoms with Crippen LogP contribution < -0.4 is 9.86 Å². The van der Waals surface area contributed by atoms with E-state index in [1.54, 1.807) is 0 Å². The molecule has 0 amide bonds. The number of hydrogen-bond acceptors (Lipinski definition) is 6. The third-order valence-corrected chi connectivity index (χ3v) is 6.72. The van der Waals surface area contributed by atoms with Crippen LogP contribution in [-0.2, 0) is 20.0 Å². The van der Waals surface area contributed by atoms with E-state index in [4.69, 9.17) is 16.7 Å². The first-order valence-corrected chi connectivity index (χ1v) is 9.60.